The highest BCUT2D eigenvalue weighted by molar-refractivity contribution is 5.87. The van der Waals surface area contributed by atoms with Gasteiger partial charge in [0.2, 0.25) is 0 Å². The van der Waals surface area contributed by atoms with Crippen molar-refractivity contribution in [3.05, 3.63) is 77.9 Å². The molecule has 1 saturated heterocycles. The Kier molecular flexibility index (Phi) is 7.58. The summed E-state index contributed by atoms with van der Waals surface area (Å²) < 4.78 is 24.4. The van der Waals surface area contributed by atoms with Gasteiger partial charge in [0.05, 0.1) is 12.7 Å². The zero-order valence-corrected chi connectivity index (χ0v) is 21.2. The molecule has 1 aromatic rings. The molecule has 2 N–H and O–H groups in total. The molecule has 4 rings (SSSR count). The van der Waals surface area contributed by atoms with Crippen LogP contribution in [0.1, 0.15) is 51.5 Å². The van der Waals surface area contributed by atoms with Crippen molar-refractivity contribution >= 4 is 12.0 Å². The van der Waals surface area contributed by atoms with Gasteiger partial charge >= 0.3 is 5.97 Å². The quantitative estimate of drug-likeness (QED) is 0.315. The minimum Gasteiger partial charge on any atom is -0.490 e. The zero-order chi connectivity index (χ0) is 26.1. The maximum Gasteiger partial charge on any atom is 0.331 e. The molecule has 36 heavy (non-hydrogen) atoms. The number of hydrogen-bond acceptors (Lipinski definition) is 5. The predicted molar refractivity (Wildman–Crippen MR) is 137 cm³/mol. The van der Waals surface area contributed by atoms with Gasteiger partial charge in [0.15, 0.2) is 6.10 Å². The summed E-state index contributed by atoms with van der Waals surface area (Å²) in [6.07, 6.45) is 7.88. The van der Waals surface area contributed by atoms with Crippen LogP contribution in [0.5, 0.6) is 0 Å². The molecule has 3 unspecified atom stereocenters. The topological polar surface area (TPSA) is 76.0 Å². The molecule has 194 valence electrons. The predicted octanol–water partition coefficient (Wildman–Crippen LogP) is 5.35. The van der Waals surface area contributed by atoms with E-state index < -0.39 is 23.6 Å². The highest BCUT2D eigenvalue weighted by atomic mass is 19.1. The van der Waals surface area contributed by atoms with Crippen molar-refractivity contribution in [2.75, 3.05) is 13.2 Å². The van der Waals surface area contributed by atoms with E-state index in [0.29, 0.717) is 24.2 Å². The molecule has 3 aliphatic rings. The Morgan fingerprint density at radius 3 is 2.67 bits per heavy atom. The first kappa shape index (κ1) is 26.4. The number of aliphatic hydroxyl groups is 2. The number of carbonyl (C=O) groups excluding carboxylic acids is 1. The van der Waals surface area contributed by atoms with Crippen molar-refractivity contribution in [1.29, 1.82) is 0 Å². The summed E-state index contributed by atoms with van der Waals surface area (Å²) in [7, 11) is 0. The first-order valence-corrected chi connectivity index (χ1v) is 12.7. The highest BCUT2D eigenvalue weighted by Gasteiger charge is 2.57. The molecule has 2 saturated carbocycles. The Labute approximate surface area is 213 Å². The van der Waals surface area contributed by atoms with Gasteiger partial charge in [-0.25, -0.2) is 9.18 Å². The molecule has 0 spiro atoms. The largest absolute Gasteiger partial charge is 0.490 e. The Morgan fingerprint density at radius 1 is 1.25 bits per heavy atom. The molecule has 5 nitrogen and oxygen atoms in total. The van der Waals surface area contributed by atoms with Gasteiger partial charge in [-0.3, -0.25) is 0 Å². The van der Waals surface area contributed by atoms with E-state index in [1.54, 1.807) is 18.2 Å². The number of rotatable bonds is 6. The van der Waals surface area contributed by atoms with Gasteiger partial charge < -0.3 is 19.7 Å². The number of halogens is 1. The molecule has 2 aliphatic carbocycles. The van der Waals surface area contributed by atoms with E-state index in [1.165, 1.54) is 23.8 Å². The van der Waals surface area contributed by atoms with Gasteiger partial charge in [-0.2, -0.15) is 0 Å². The third kappa shape index (κ3) is 4.94. The van der Waals surface area contributed by atoms with E-state index in [-0.39, 0.29) is 36.3 Å². The fraction of sp³-hybridized carbons (Fsp3) is 0.500. The van der Waals surface area contributed by atoms with Crippen LogP contribution in [-0.4, -0.2) is 41.6 Å². The molecular weight excluding hydrogens is 459 g/mol. The molecule has 6 atom stereocenters. The summed E-state index contributed by atoms with van der Waals surface area (Å²) in [4.78, 5) is 12.5. The van der Waals surface area contributed by atoms with Crippen molar-refractivity contribution in [2.24, 2.45) is 22.7 Å². The van der Waals surface area contributed by atoms with E-state index in [9.17, 15) is 19.4 Å². The van der Waals surface area contributed by atoms with Gasteiger partial charge in [-0.1, -0.05) is 50.8 Å². The van der Waals surface area contributed by atoms with E-state index in [1.807, 2.05) is 6.92 Å². The Balaban J connectivity index is 1.48. The van der Waals surface area contributed by atoms with Crippen LogP contribution in [0.25, 0.3) is 6.08 Å². The monoisotopic (exact) mass is 496 g/mol. The summed E-state index contributed by atoms with van der Waals surface area (Å²) in [6, 6.07) is 5.84. The number of ether oxygens (including phenoxy) is 2. The Bertz CT molecular complexity index is 1070. The number of benzene rings is 1. The minimum atomic E-state index is -0.556. The molecule has 0 aromatic heterocycles. The van der Waals surface area contributed by atoms with Gasteiger partial charge in [0, 0.05) is 17.1 Å². The van der Waals surface area contributed by atoms with Gasteiger partial charge in [0.1, 0.15) is 18.2 Å². The second-order valence-corrected chi connectivity index (χ2v) is 11.0. The first-order chi connectivity index (χ1) is 17.1. The second-order valence-electron chi connectivity index (χ2n) is 11.0. The molecule has 1 heterocycles. The lowest BCUT2D eigenvalue weighted by Crippen LogP contribution is -2.57. The molecule has 3 fully saturated rings. The van der Waals surface area contributed by atoms with Crippen molar-refractivity contribution < 1.29 is 28.9 Å². The van der Waals surface area contributed by atoms with Gasteiger partial charge in [-0.05, 0) is 73.1 Å². The van der Waals surface area contributed by atoms with Crippen LogP contribution in [-0.2, 0) is 14.3 Å². The second kappa shape index (κ2) is 10.3. The van der Waals surface area contributed by atoms with Crippen molar-refractivity contribution in [1.82, 2.24) is 0 Å². The maximum absolute atomic E-state index is 13.1. The molecule has 0 bridgehead atoms. The number of allylic oxidation sites excluding steroid dienone is 2. The molecule has 0 radical (unpaired) electrons. The van der Waals surface area contributed by atoms with E-state index in [2.05, 4.69) is 26.2 Å². The van der Waals surface area contributed by atoms with Gasteiger partial charge in [-0.15, -0.1) is 0 Å². The fourth-order valence-corrected chi connectivity index (χ4v) is 6.67. The third-order valence-electron chi connectivity index (χ3n) is 8.88. The fourth-order valence-electron chi connectivity index (χ4n) is 6.67. The summed E-state index contributed by atoms with van der Waals surface area (Å²) in [5.74, 6) is 0.00352. The van der Waals surface area contributed by atoms with Crippen molar-refractivity contribution in [3.8, 4) is 0 Å². The number of hydrogen-bond donors (Lipinski definition) is 2. The molecule has 0 amide bonds. The van der Waals surface area contributed by atoms with Crippen LogP contribution >= 0.6 is 0 Å². The zero-order valence-electron chi connectivity index (χ0n) is 21.2. The van der Waals surface area contributed by atoms with Crippen LogP contribution in [0.3, 0.4) is 0 Å². The average molecular weight is 497 g/mol. The summed E-state index contributed by atoms with van der Waals surface area (Å²) >= 11 is 0. The smallest absolute Gasteiger partial charge is 0.331 e. The summed E-state index contributed by atoms with van der Waals surface area (Å²) in [6.45, 7) is 12.8. The van der Waals surface area contributed by atoms with Crippen LogP contribution in [0.15, 0.2) is 66.5 Å². The lowest BCUT2D eigenvalue weighted by molar-refractivity contribution is -0.151. The molecule has 1 aliphatic heterocycles. The van der Waals surface area contributed by atoms with Crippen LogP contribution in [0.4, 0.5) is 4.39 Å². The van der Waals surface area contributed by atoms with Crippen molar-refractivity contribution in [3.63, 3.8) is 0 Å². The van der Waals surface area contributed by atoms with Crippen LogP contribution in [0.2, 0.25) is 0 Å². The Hall–Kier alpha value is -2.70. The Morgan fingerprint density at radius 2 is 1.97 bits per heavy atom. The first-order valence-electron chi connectivity index (χ1n) is 12.7. The standard InChI is InChI=1S/C30H37FO5/c1-19-5-13-26-29(3,16-15-27(33)30(26,4)18-32)24(19)12-11-23-20(2)35-17-25(23)36-28(34)14-8-21-6-9-22(31)10-7-21/h6-11,14,24-27,32-33H,1-2,5,12-13,15-18H2,3-4H3/b14-8+,23-11-/t24?,25?,26?,27-,29+,30+/m1/s1. The molecular formula is C30H37FO5. The highest BCUT2D eigenvalue weighted by Crippen LogP contribution is 2.61. The number of carbonyl (C=O) groups is 1. The summed E-state index contributed by atoms with van der Waals surface area (Å²) in [5.41, 5.74) is 2.00. The minimum absolute atomic E-state index is 0.0389. The lowest BCUT2D eigenvalue weighted by atomic mass is 9.46. The number of esters is 1. The molecule has 6 heteroatoms. The maximum atomic E-state index is 13.1. The van der Waals surface area contributed by atoms with Gasteiger partial charge in [0.25, 0.3) is 0 Å². The van der Waals surface area contributed by atoms with Crippen molar-refractivity contribution in [2.45, 2.75) is 58.2 Å². The SMILES string of the molecule is C=C1OCC(OC(=O)/C=C/c2ccc(F)cc2)/C1=C\CC1C(=C)CCC2[C@@]1(C)CC[C@@H](O)[C@@]2(C)CO. The summed E-state index contributed by atoms with van der Waals surface area (Å²) in [5, 5.41) is 20.9. The van der Waals surface area contributed by atoms with Crippen LogP contribution in [0, 0.1) is 28.5 Å². The number of fused-ring (bicyclic) bond motifs is 1. The third-order valence-corrected chi connectivity index (χ3v) is 8.88. The number of aliphatic hydroxyl groups excluding tert-OH is 2. The molecule has 1 aromatic carbocycles. The van der Waals surface area contributed by atoms with Crippen LogP contribution < -0.4 is 0 Å². The normalized spacial score (nSPS) is 35.6. The van der Waals surface area contributed by atoms with E-state index in [4.69, 9.17) is 9.47 Å². The van der Waals surface area contributed by atoms with E-state index in [0.717, 1.165) is 24.8 Å². The van der Waals surface area contributed by atoms with E-state index >= 15 is 0 Å². The lowest BCUT2D eigenvalue weighted by Gasteiger charge is -2.59. The average Bonchev–Trinajstić information content (AvgIpc) is 3.19.